The van der Waals surface area contributed by atoms with Crippen molar-refractivity contribution in [3.8, 4) is 0 Å². The molecule has 25 heavy (non-hydrogen) atoms. The van der Waals surface area contributed by atoms with E-state index in [1.807, 2.05) is 25.7 Å². The molecule has 3 rings (SSSR count). The summed E-state index contributed by atoms with van der Waals surface area (Å²) in [5.41, 5.74) is 0.727. The number of carbonyl (C=O) groups is 1. The third-order valence-corrected chi connectivity index (χ3v) is 4.06. The molecule has 7 nitrogen and oxygen atoms in total. The van der Waals surface area contributed by atoms with Crippen LogP contribution in [0.25, 0.3) is 11.0 Å². The number of ether oxygens (including phenoxy) is 1. The first-order chi connectivity index (χ1) is 11.7. The lowest BCUT2D eigenvalue weighted by Gasteiger charge is -2.36. The van der Waals surface area contributed by atoms with Crippen LogP contribution >= 0.6 is 23.2 Å². The second kappa shape index (κ2) is 6.80. The van der Waals surface area contributed by atoms with Crippen LogP contribution in [-0.4, -0.2) is 57.7 Å². The van der Waals surface area contributed by atoms with Gasteiger partial charge in [-0.2, -0.15) is 4.98 Å². The highest BCUT2D eigenvalue weighted by Crippen LogP contribution is 2.26. The maximum Gasteiger partial charge on any atom is 0.410 e. The molecule has 1 saturated heterocycles. The first-order valence-corrected chi connectivity index (χ1v) is 8.70. The second-order valence-corrected chi connectivity index (χ2v) is 7.57. The van der Waals surface area contributed by atoms with E-state index in [0.717, 1.165) is 0 Å². The predicted molar refractivity (Wildman–Crippen MR) is 97.4 cm³/mol. The molecule has 1 fully saturated rings. The van der Waals surface area contributed by atoms with Crippen molar-refractivity contribution in [1.29, 1.82) is 0 Å². The van der Waals surface area contributed by atoms with Gasteiger partial charge in [0.2, 0.25) is 5.28 Å². The smallest absolute Gasteiger partial charge is 0.410 e. The number of hydrogen-bond donors (Lipinski definition) is 0. The lowest BCUT2D eigenvalue weighted by atomic mass is 10.2. The van der Waals surface area contributed by atoms with Crippen LogP contribution in [0.4, 0.5) is 10.6 Å². The van der Waals surface area contributed by atoms with Crippen molar-refractivity contribution in [2.75, 3.05) is 31.1 Å². The molecule has 0 atom stereocenters. The summed E-state index contributed by atoms with van der Waals surface area (Å²) in [5.74, 6) is 0.649. The SMILES string of the molecule is CC(C)(C)OC(=O)N1CCN(c2nc(Cl)nc3cc(Cl)cnc23)CC1. The van der Waals surface area contributed by atoms with Crippen molar-refractivity contribution >= 4 is 46.1 Å². The van der Waals surface area contributed by atoms with Gasteiger partial charge in [0.15, 0.2) is 5.82 Å². The fourth-order valence-electron chi connectivity index (χ4n) is 2.60. The number of hydrogen-bond acceptors (Lipinski definition) is 6. The second-order valence-electron chi connectivity index (χ2n) is 6.79. The van der Waals surface area contributed by atoms with E-state index in [1.165, 1.54) is 0 Å². The van der Waals surface area contributed by atoms with Crippen LogP contribution in [0.5, 0.6) is 0 Å². The number of piperazine rings is 1. The van der Waals surface area contributed by atoms with E-state index in [2.05, 4.69) is 15.0 Å². The summed E-state index contributed by atoms with van der Waals surface area (Å²) in [7, 11) is 0. The standard InChI is InChI=1S/C16H19Cl2N5O2/c1-16(2,3)25-15(24)23-6-4-22(5-7-23)13-12-11(20-14(18)21-13)8-10(17)9-19-12/h8-9H,4-7H2,1-3H3. The summed E-state index contributed by atoms with van der Waals surface area (Å²) < 4.78 is 5.42. The van der Waals surface area contributed by atoms with Crippen molar-refractivity contribution in [3.63, 3.8) is 0 Å². The quantitative estimate of drug-likeness (QED) is 0.702. The van der Waals surface area contributed by atoms with Gasteiger partial charge in [-0.1, -0.05) is 11.6 Å². The number of anilines is 1. The summed E-state index contributed by atoms with van der Waals surface area (Å²) in [6, 6.07) is 1.71. The molecule has 9 heteroatoms. The third kappa shape index (κ3) is 4.22. The van der Waals surface area contributed by atoms with Gasteiger partial charge in [-0.25, -0.2) is 14.8 Å². The molecule has 2 aromatic heterocycles. The Hall–Kier alpha value is -1.86. The number of halogens is 2. The molecule has 2 aromatic rings. The van der Waals surface area contributed by atoms with Crippen LogP contribution in [0.3, 0.4) is 0 Å². The predicted octanol–water partition coefficient (Wildman–Crippen LogP) is 3.39. The minimum Gasteiger partial charge on any atom is -0.444 e. The maximum atomic E-state index is 12.2. The normalized spacial score (nSPS) is 15.6. The fraction of sp³-hybridized carbons (Fsp3) is 0.500. The Morgan fingerprint density at radius 3 is 2.48 bits per heavy atom. The number of amides is 1. The largest absolute Gasteiger partial charge is 0.444 e. The van der Waals surface area contributed by atoms with Crippen molar-refractivity contribution in [2.45, 2.75) is 26.4 Å². The zero-order valence-electron chi connectivity index (χ0n) is 14.3. The molecule has 1 amide bonds. The van der Waals surface area contributed by atoms with Gasteiger partial charge in [0, 0.05) is 32.4 Å². The highest BCUT2D eigenvalue weighted by molar-refractivity contribution is 6.31. The minimum atomic E-state index is -0.506. The molecule has 134 valence electrons. The molecule has 3 heterocycles. The van der Waals surface area contributed by atoms with E-state index in [9.17, 15) is 4.79 Å². The van der Waals surface area contributed by atoms with Gasteiger partial charge in [-0.15, -0.1) is 0 Å². The Morgan fingerprint density at radius 2 is 1.84 bits per heavy atom. The minimum absolute atomic E-state index is 0.140. The average molecular weight is 384 g/mol. The molecule has 0 aromatic carbocycles. The molecule has 0 unspecified atom stereocenters. The molecular formula is C16H19Cl2N5O2. The van der Waals surface area contributed by atoms with E-state index in [1.54, 1.807) is 17.2 Å². The van der Waals surface area contributed by atoms with Crippen LogP contribution in [0.2, 0.25) is 10.3 Å². The molecule has 1 aliphatic heterocycles. The van der Waals surface area contributed by atoms with E-state index in [-0.39, 0.29) is 11.4 Å². The number of pyridine rings is 1. The number of rotatable bonds is 1. The van der Waals surface area contributed by atoms with Gasteiger partial charge in [0.25, 0.3) is 0 Å². The number of carbonyl (C=O) groups excluding carboxylic acids is 1. The van der Waals surface area contributed by atoms with E-state index in [0.29, 0.717) is 48.1 Å². The van der Waals surface area contributed by atoms with Gasteiger partial charge < -0.3 is 14.5 Å². The monoisotopic (exact) mass is 383 g/mol. The molecule has 0 saturated carbocycles. The highest BCUT2D eigenvalue weighted by atomic mass is 35.5. The van der Waals surface area contributed by atoms with E-state index < -0.39 is 5.60 Å². The van der Waals surface area contributed by atoms with Gasteiger partial charge >= 0.3 is 6.09 Å². The number of fused-ring (bicyclic) bond motifs is 1. The van der Waals surface area contributed by atoms with Crippen molar-refractivity contribution < 1.29 is 9.53 Å². The summed E-state index contributed by atoms with van der Waals surface area (Å²) >= 11 is 12.0. The molecule has 1 aliphatic rings. The van der Waals surface area contributed by atoms with Crippen LogP contribution in [-0.2, 0) is 4.74 Å². The Balaban J connectivity index is 1.77. The molecule has 0 aliphatic carbocycles. The van der Waals surface area contributed by atoms with Gasteiger partial charge in [-0.3, -0.25) is 0 Å². The number of aromatic nitrogens is 3. The molecule has 0 N–H and O–H groups in total. The van der Waals surface area contributed by atoms with Crippen molar-refractivity contribution in [2.24, 2.45) is 0 Å². The Bertz CT molecular complexity index is 796. The molecule has 0 radical (unpaired) electrons. The zero-order chi connectivity index (χ0) is 18.2. The van der Waals surface area contributed by atoms with Crippen LogP contribution in [0.15, 0.2) is 12.3 Å². The summed E-state index contributed by atoms with van der Waals surface area (Å²) in [6.45, 7) is 7.84. The van der Waals surface area contributed by atoms with Crippen LogP contribution in [0.1, 0.15) is 20.8 Å². The van der Waals surface area contributed by atoms with Crippen molar-refractivity contribution in [1.82, 2.24) is 19.9 Å². The fourth-order valence-corrected chi connectivity index (χ4v) is 2.92. The van der Waals surface area contributed by atoms with Gasteiger partial charge in [0.05, 0.1) is 10.5 Å². The molecule has 0 bridgehead atoms. The summed E-state index contributed by atoms with van der Waals surface area (Å²) in [5, 5.41) is 0.629. The van der Waals surface area contributed by atoms with Crippen LogP contribution < -0.4 is 4.90 Å². The summed E-state index contributed by atoms with van der Waals surface area (Å²) in [4.78, 5) is 28.7. The Morgan fingerprint density at radius 1 is 1.16 bits per heavy atom. The van der Waals surface area contributed by atoms with E-state index >= 15 is 0 Å². The Kier molecular flexibility index (Phi) is 4.88. The Labute approximate surface area is 155 Å². The zero-order valence-corrected chi connectivity index (χ0v) is 15.8. The lowest BCUT2D eigenvalue weighted by Crippen LogP contribution is -2.50. The van der Waals surface area contributed by atoms with Crippen molar-refractivity contribution in [3.05, 3.63) is 22.6 Å². The topological polar surface area (TPSA) is 71.5 Å². The maximum absolute atomic E-state index is 12.2. The van der Waals surface area contributed by atoms with Crippen LogP contribution in [0, 0.1) is 0 Å². The third-order valence-electron chi connectivity index (χ3n) is 3.69. The first kappa shape index (κ1) is 17.9. The van der Waals surface area contributed by atoms with Gasteiger partial charge in [0.1, 0.15) is 11.1 Å². The van der Waals surface area contributed by atoms with Gasteiger partial charge in [-0.05, 0) is 38.4 Å². The molecule has 0 spiro atoms. The highest BCUT2D eigenvalue weighted by Gasteiger charge is 2.27. The average Bonchev–Trinajstić information content (AvgIpc) is 2.52. The summed E-state index contributed by atoms with van der Waals surface area (Å²) in [6.07, 6.45) is 1.25. The van der Waals surface area contributed by atoms with E-state index in [4.69, 9.17) is 27.9 Å². The number of nitrogens with zero attached hydrogens (tertiary/aromatic N) is 5. The molecular weight excluding hydrogens is 365 g/mol. The lowest BCUT2D eigenvalue weighted by molar-refractivity contribution is 0.0240. The first-order valence-electron chi connectivity index (χ1n) is 7.94.